The van der Waals surface area contributed by atoms with E-state index in [4.69, 9.17) is 32.7 Å². The van der Waals surface area contributed by atoms with E-state index in [0.717, 1.165) is 16.9 Å². The highest BCUT2D eigenvalue weighted by Gasteiger charge is 2.33. The summed E-state index contributed by atoms with van der Waals surface area (Å²) in [6.45, 7) is 1.79. The number of carbonyl (C=O) groups excluding carboxylic acids is 1. The monoisotopic (exact) mass is 438 g/mol. The third-order valence-corrected chi connectivity index (χ3v) is 5.65. The Hall–Kier alpha value is -2.86. The van der Waals surface area contributed by atoms with E-state index in [-0.39, 0.29) is 11.5 Å². The molecule has 1 aromatic heterocycles. The van der Waals surface area contributed by atoms with Gasteiger partial charge >= 0.3 is 0 Å². The normalized spacial score (nSPS) is 16.7. The maximum Gasteiger partial charge on any atom is 0.231 e. The number of ketones is 1. The minimum atomic E-state index is -0.176. The number of Topliss-reactive ketones (excluding diaryl/α,β-unsaturated/α-hetero) is 1. The van der Waals surface area contributed by atoms with Crippen molar-refractivity contribution >= 4 is 35.1 Å². The molecule has 0 fully saturated rings. The molecular formula is C23H16Cl2N2O3. The molecule has 2 aromatic carbocycles. The van der Waals surface area contributed by atoms with Gasteiger partial charge in [0.1, 0.15) is 18.2 Å². The molecule has 5 rings (SSSR count). The summed E-state index contributed by atoms with van der Waals surface area (Å²) >= 11 is 12.2. The zero-order chi connectivity index (χ0) is 20.7. The fraction of sp³-hybridized carbons (Fsp3) is 0.130. The number of fused-ring (bicyclic) bond motifs is 3. The van der Waals surface area contributed by atoms with Crippen molar-refractivity contribution < 1.29 is 14.3 Å². The number of halogens is 2. The molecule has 0 unspecified atom stereocenters. The fourth-order valence-electron chi connectivity index (χ4n) is 3.61. The van der Waals surface area contributed by atoms with Crippen LogP contribution in [-0.2, 0) is 13.1 Å². The third-order valence-electron chi connectivity index (χ3n) is 5.09. The van der Waals surface area contributed by atoms with E-state index in [1.807, 2.05) is 18.2 Å². The lowest BCUT2D eigenvalue weighted by molar-refractivity contribution is 0.0872. The highest BCUT2D eigenvalue weighted by Crippen LogP contribution is 2.42. The van der Waals surface area contributed by atoms with Crippen molar-refractivity contribution in [3.63, 3.8) is 0 Å². The van der Waals surface area contributed by atoms with E-state index < -0.39 is 0 Å². The number of nitrogens with zero attached hydrogens (tertiary/aromatic N) is 2. The number of pyridine rings is 1. The second-order valence-corrected chi connectivity index (χ2v) is 7.98. The van der Waals surface area contributed by atoms with Gasteiger partial charge in [0.15, 0.2) is 5.76 Å². The molecule has 0 spiro atoms. The molecule has 3 aromatic rings. The zero-order valence-electron chi connectivity index (χ0n) is 15.8. The van der Waals surface area contributed by atoms with Crippen molar-refractivity contribution in [2.45, 2.75) is 13.1 Å². The summed E-state index contributed by atoms with van der Waals surface area (Å²) in [5, 5.41) is 0.987. The highest BCUT2D eigenvalue weighted by molar-refractivity contribution is 6.35. The first-order valence-corrected chi connectivity index (χ1v) is 10.1. The van der Waals surface area contributed by atoms with E-state index in [1.165, 1.54) is 0 Å². The van der Waals surface area contributed by atoms with Crippen molar-refractivity contribution in [2.75, 3.05) is 6.73 Å². The van der Waals surface area contributed by atoms with Gasteiger partial charge in [-0.3, -0.25) is 14.7 Å². The van der Waals surface area contributed by atoms with Crippen LogP contribution in [0.4, 0.5) is 0 Å². The average Bonchev–Trinajstić information content (AvgIpc) is 3.07. The van der Waals surface area contributed by atoms with Gasteiger partial charge in [0, 0.05) is 35.5 Å². The lowest BCUT2D eigenvalue weighted by atomic mass is 10.0. The fourth-order valence-corrected chi connectivity index (χ4v) is 4.07. The van der Waals surface area contributed by atoms with Crippen LogP contribution in [0.2, 0.25) is 10.0 Å². The van der Waals surface area contributed by atoms with E-state index in [1.54, 1.807) is 42.7 Å². The smallest absolute Gasteiger partial charge is 0.231 e. The van der Waals surface area contributed by atoms with Gasteiger partial charge in [-0.25, -0.2) is 0 Å². The van der Waals surface area contributed by atoms with E-state index in [0.29, 0.717) is 46.7 Å². The van der Waals surface area contributed by atoms with E-state index in [2.05, 4.69) is 9.88 Å². The number of benzene rings is 2. The first-order valence-electron chi connectivity index (χ1n) is 9.38. The minimum Gasteiger partial charge on any atom is -0.478 e. The average molecular weight is 439 g/mol. The van der Waals surface area contributed by atoms with Crippen molar-refractivity contribution in [1.82, 2.24) is 9.88 Å². The molecule has 5 nitrogen and oxygen atoms in total. The van der Waals surface area contributed by atoms with Crippen molar-refractivity contribution in [3.8, 4) is 11.5 Å². The molecule has 0 atom stereocenters. The maximum atomic E-state index is 12.9. The Balaban J connectivity index is 1.44. The van der Waals surface area contributed by atoms with Crippen LogP contribution in [0.25, 0.3) is 6.08 Å². The number of hydrogen-bond acceptors (Lipinski definition) is 5. The van der Waals surface area contributed by atoms with Crippen LogP contribution in [-0.4, -0.2) is 22.4 Å². The Morgan fingerprint density at radius 1 is 1.10 bits per heavy atom. The van der Waals surface area contributed by atoms with Gasteiger partial charge in [-0.15, -0.1) is 0 Å². The Morgan fingerprint density at radius 2 is 1.93 bits per heavy atom. The molecule has 0 N–H and O–H groups in total. The summed E-state index contributed by atoms with van der Waals surface area (Å²) < 4.78 is 11.9. The SMILES string of the molecule is O=C1/C(=C/c2ccc(Cl)cc2Cl)Oc2c1ccc1c2CN(Cc2ccncc2)CO1. The van der Waals surface area contributed by atoms with Crippen molar-refractivity contribution in [1.29, 1.82) is 0 Å². The Kier molecular flexibility index (Phi) is 4.95. The standard InChI is InChI=1S/C23H16Cl2N2O3/c24-16-2-1-15(19(25)10-16)9-21-22(28)17-3-4-20-18(23(17)30-21)12-27(13-29-20)11-14-5-7-26-8-6-14/h1-10H,11-13H2/b21-9-. The molecule has 2 aliphatic heterocycles. The molecule has 3 heterocycles. The summed E-state index contributed by atoms with van der Waals surface area (Å²) in [7, 11) is 0. The van der Waals surface area contributed by atoms with Gasteiger partial charge in [-0.05, 0) is 53.6 Å². The van der Waals surface area contributed by atoms with Crippen LogP contribution < -0.4 is 9.47 Å². The van der Waals surface area contributed by atoms with E-state index >= 15 is 0 Å². The number of carbonyl (C=O) groups is 1. The van der Waals surface area contributed by atoms with Crippen LogP contribution >= 0.6 is 23.2 Å². The van der Waals surface area contributed by atoms with Gasteiger partial charge in [0.25, 0.3) is 0 Å². The number of aromatic nitrogens is 1. The zero-order valence-corrected chi connectivity index (χ0v) is 17.3. The molecule has 0 aliphatic carbocycles. The summed E-state index contributed by atoms with van der Waals surface area (Å²) in [5.41, 5.74) is 3.20. The van der Waals surface area contributed by atoms with Crippen LogP contribution in [0.15, 0.2) is 60.6 Å². The number of hydrogen-bond donors (Lipinski definition) is 0. The Labute approximate surface area is 183 Å². The first kappa shape index (κ1) is 19.1. The molecule has 0 amide bonds. The molecule has 2 aliphatic rings. The third kappa shape index (κ3) is 3.56. The molecule has 0 saturated carbocycles. The molecule has 30 heavy (non-hydrogen) atoms. The summed E-state index contributed by atoms with van der Waals surface area (Å²) in [6.07, 6.45) is 5.19. The quantitative estimate of drug-likeness (QED) is 0.515. The number of ether oxygens (including phenoxy) is 2. The lowest BCUT2D eigenvalue weighted by Gasteiger charge is -2.29. The predicted octanol–water partition coefficient (Wildman–Crippen LogP) is 5.36. The second-order valence-electron chi connectivity index (χ2n) is 7.14. The molecule has 0 bridgehead atoms. The predicted molar refractivity (Wildman–Crippen MR) is 115 cm³/mol. The second kappa shape index (κ2) is 7.76. The molecule has 0 radical (unpaired) electrons. The summed E-state index contributed by atoms with van der Waals surface area (Å²) in [5.74, 6) is 1.34. The maximum absolute atomic E-state index is 12.9. The van der Waals surface area contributed by atoms with Gasteiger partial charge in [-0.1, -0.05) is 29.3 Å². The summed E-state index contributed by atoms with van der Waals surface area (Å²) in [4.78, 5) is 19.1. The van der Waals surface area contributed by atoms with Crippen LogP contribution in [0.3, 0.4) is 0 Å². The summed E-state index contributed by atoms with van der Waals surface area (Å²) in [6, 6.07) is 12.6. The first-order chi connectivity index (χ1) is 14.6. The largest absolute Gasteiger partial charge is 0.478 e. The molecule has 0 saturated heterocycles. The topological polar surface area (TPSA) is 51.7 Å². The molecular weight excluding hydrogens is 423 g/mol. The lowest BCUT2D eigenvalue weighted by Crippen LogP contribution is -2.31. The Bertz CT molecular complexity index is 1180. The number of allylic oxidation sites excluding steroid dienone is 1. The molecule has 150 valence electrons. The van der Waals surface area contributed by atoms with Crippen molar-refractivity contribution in [2.24, 2.45) is 0 Å². The number of rotatable bonds is 3. The van der Waals surface area contributed by atoms with Gasteiger partial charge in [-0.2, -0.15) is 0 Å². The van der Waals surface area contributed by atoms with Crippen LogP contribution in [0.1, 0.15) is 27.0 Å². The minimum absolute atomic E-state index is 0.176. The van der Waals surface area contributed by atoms with E-state index in [9.17, 15) is 4.79 Å². The van der Waals surface area contributed by atoms with Gasteiger partial charge in [0.2, 0.25) is 5.78 Å². The molecule has 7 heteroatoms. The highest BCUT2D eigenvalue weighted by atomic mass is 35.5. The Morgan fingerprint density at radius 3 is 2.73 bits per heavy atom. The van der Waals surface area contributed by atoms with Crippen molar-refractivity contribution in [3.05, 3.63) is 92.9 Å². The van der Waals surface area contributed by atoms with Crippen LogP contribution in [0.5, 0.6) is 11.5 Å². The van der Waals surface area contributed by atoms with Crippen LogP contribution in [0, 0.1) is 0 Å². The van der Waals surface area contributed by atoms with Gasteiger partial charge < -0.3 is 9.47 Å². The van der Waals surface area contributed by atoms with Gasteiger partial charge in [0.05, 0.1) is 11.1 Å².